The Morgan fingerprint density at radius 2 is 2.00 bits per heavy atom. The fourth-order valence-corrected chi connectivity index (χ4v) is 4.11. The van der Waals surface area contributed by atoms with Crippen molar-refractivity contribution in [1.29, 1.82) is 5.26 Å². The molecule has 25 heavy (non-hydrogen) atoms. The van der Waals surface area contributed by atoms with Crippen molar-refractivity contribution in [3.8, 4) is 6.07 Å². The number of aryl methyl sites for hydroxylation is 1. The Morgan fingerprint density at radius 1 is 1.24 bits per heavy atom. The number of nitriles is 1. The molecule has 3 rings (SSSR count). The number of nitrogens with one attached hydrogen (secondary N) is 1. The van der Waals surface area contributed by atoms with Gasteiger partial charge in [-0.25, -0.2) is 0 Å². The van der Waals surface area contributed by atoms with Crippen LogP contribution < -0.4 is 5.32 Å². The minimum absolute atomic E-state index is 0.0881. The molecule has 2 heterocycles. The molecule has 0 aliphatic carbocycles. The number of thiophene rings is 1. The molecule has 1 atom stereocenters. The first-order chi connectivity index (χ1) is 12.3. The number of likely N-dealkylation sites (tertiary alicyclic amines) is 1. The standard InChI is InChI=1S/C20H23N3OS/c21-14-17-7-5-16(6-8-17)9-10-20(24)22-15-18(19-4-3-13-25-19)23-11-1-2-12-23/h3-8,13,18H,1-2,9-12,15H2,(H,22,24). The highest BCUT2D eigenvalue weighted by atomic mass is 32.1. The first-order valence-corrected chi connectivity index (χ1v) is 9.67. The van der Waals surface area contributed by atoms with Crippen molar-refractivity contribution in [3.05, 3.63) is 57.8 Å². The number of carbonyl (C=O) groups is 1. The van der Waals surface area contributed by atoms with Gasteiger partial charge in [-0.15, -0.1) is 11.3 Å². The molecule has 1 aromatic heterocycles. The van der Waals surface area contributed by atoms with Gasteiger partial charge in [-0.1, -0.05) is 18.2 Å². The highest BCUT2D eigenvalue weighted by Crippen LogP contribution is 2.27. The molecule has 2 aromatic rings. The molecule has 1 saturated heterocycles. The summed E-state index contributed by atoms with van der Waals surface area (Å²) < 4.78 is 0. The summed E-state index contributed by atoms with van der Waals surface area (Å²) in [4.78, 5) is 16.1. The van der Waals surface area contributed by atoms with E-state index in [1.165, 1.54) is 17.7 Å². The first-order valence-electron chi connectivity index (χ1n) is 8.79. The van der Waals surface area contributed by atoms with Gasteiger partial charge in [-0.3, -0.25) is 9.69 Å². The average molecular weight is 353 g/mol. The zero-order chi connectivity index (χ0) is 17.5. The normalized spacial score (nSPS) is 15.6. The van der Waals surface area contributed by atoms with Gasteiger partial charge >= 0.3 is 0 Å². The van der Waals surface area contributed by atoms with Crippen LogP contribution in [0.3, 0.4) is 0 Å². The Morgan fingerprint density at radius 3 is 2.64 bits per heavy atom. The lowest BCUT2D eigenvalue weighted by atomic mass is 10.1. The summed E-state index contributed by atoms with van der Waals surface area (Å²) in [6.07, 6.45) is 3.66. The highest BCUT2D eigenvalue weighted by Gasteiger charge is 2.24. The van der Waals surface area contributed by atoms with Gasteiger partial charge in [0, 0.05) is 17.8 Å². The molecule has 1 unspecified atom stereocenters. The monoisotopic (exact) mass is 353 g/mol. The minimum atomic E-state index is 0.0881. The number of benzene rings is 1. The van der Waals surface area contributed by atoms with Crippen LogP contribution in [0.4, 0.5) is 0 Å². The number of amides is 1. The summed E-state index contributed by atoms with van der Waals surface area (Å²) in [6, 6.07) is 14.1. The summed E-state index contributed by atoms with van der Waals surface area (Å²) in [5.41, 5.74) is 1.74. The van der Waals surface area contributed by atoms with Gasteiger partial charge in [-0.05, 0) is 61.5 Å². The Hall–Kier alpha value is -2.16. The van der Waals surface area contributed by atoms with Crippen molar-refractivity contribution in [3.63, 3.8) is 0 Å². The molecule has 1 N–H and O–H groups in total. The van der Waals surface area contributed by atoms with E-state index < -0.39 is 0 Å². The van der Waals surface area contributed by atoms with Gasteiger partial charge in [0.2, 0.25) is 5.91 Å². The summed E-state index contributed by atoms with van der Waals surface area (Å²) in [5, 5.41) is 14.0. The van der Waals surface area contributed by atoms with Gasteiger partial charge in [-0.2, -0.15) is 5.26 Å². The van der Waals surface area contributed by atoms with Crippen molar-refractivity contribution in [2.75, 3.05) is 19.6 Å². The fourth-order valence-electron chi connectivity index (χ4n) is 3.25. The van der Waals surface area contributed by atoms with E-state index in [2.05, 4.69) is 33.8 Å². The van der Waals surface area contributed by atoms with Crippen molar-refractivity contribution in [1.82, 2.24) is 10.2 Å². The largest absolute Gasteiger partial charge is 0.354 e. The third-order valence-corrected chi connectivity index (χ3v) is 5.64. The van der Waals surface area contributed by atoms with E-state index >= 15 is 0 Å². The quantitative estimate of drug-likeness (QED) is 0.829. The molecule has 0 saturated carbocycles. The maximum absolute atomic E-state index is 12.2. The molecule has 0 radical (unpaired) electrons. The molecule has 1 amide bonds. The summed E-state index contributed by atoms with van der Waals surface area (Å²) >= 11 is 1.76. The van der Waals surface area contributed by atoms with Crippen LogP contribution >= 0.6 is 11.3 Å². The molecule has 0 spiro atoms. The third kappa shape index (κ3) is 4.91. The van der Waals surface area contributed by atoms with Crippen LogP contribution in [0.15, 0.2) is 41.8 Å². The molecule has 1 fully saturated rings. The van der Waals surface area contributed by atoms with Crippen LogP contribution in [0, 0.1) is 11.3 Å². The van der Waals surface area contributed by atoms with E-state index in [0.717, 1.165) is 18.7 Å². The Labute approximate surface area is 153 Å². The molecule has 1 aromatic carbocycles. The molecule has 0 bridgehead atoms. The van der Waals surface area contributed by atoms with Crippen LogP contribution in [0.1, 0.15) is 41.3 Å². The Balaban J connectivity index is 1.50. The predicted octanol–water partition coefficient (Wildman–Crippen LogP) is 3.51. The molecule has 1 aliphatic rings. The van der Waals surface area contributed by atoms with Crippen LogP contribution in [0.2, 0.25) is 0 Å². The summed E-state index contributed by atoms with van der Waals surface area (Å²) in [5.74, 6) is 0.0881. The topological polar surface area (TPSA) is 56.1 Å². The van der Waals surface area contributed by atoms with E-state index in [0.29, 0.717) is 31.0 Å². The number of nitrogens with zero attached hydrogens (tertiary/aromatic N) is 2. The summed E-state index contributed by atoms with van der Waals surface area (Å²) in [7, 11) is 0. The van der Waals surface area contributed by atoms with Crippen molar-refractivity contribution in [2.24, 2.45) is 0 Å². The molecule has 5 heteroatoms. The van der Waals surface area contributed by atoms with E-state index in [1.807, 2.05) is 12.1 Å². The maximum atomic E-state index is 12.2. The average Bonchev–Trinajstić information content (AvgIpc) is 3.35. The van der Waals surface area contributed by atoms with Crippen molar-refractivity contribution in [2.45, 2.75) is 31.7 Å². The number of rotatable bonds is 7. The molecule has 130 valence electrons. The van der Waals surface area contributed by atoms with Gasteiger partial charge in [0.05, 0.1) is 17.7 Å². The van der Waals surface area contributed by atoms with Gasteiger partial charge in [0.1, 0.15) is 0 Å². The second-order valence-electron chi connectivity index (χ2n) is 6.39. The van der Waals surface area contributed by atoms with Gasteiger partial charge in [0.15, 0.2) is 0 Å². The highest BCUT2D eigenvalue weighted by molar-refractivity contribution is 7.10. The zero-order valence-corrected chi connectivity index (χ0v) is 15.1. The number of hydrogen-bond donors (Lipinski definition) is 1. The van der Waals surface area contributed by atoms with Crippen molar-refractivity contribution < 1.29 is 4.79 Å². The minimum Gasteiger partial charge on any atom is -0.354 e. The van der Waals surface area contributed by atoms with E-state index in [1.54, 1.807) is 23.5 Å². The lowest BCUT2D eigenvalue weighted by Gasteiger charge is -2.26. The Bertz CT molecular complexity index is 712. The van der Waals surface area contributed by atoms with Gasteiger partial charge < -0.3 is 5.32 Å². The molecule has 1 aliphatic heterocycles. The van der Waals surface area contributed by atoms with E-state index in [9.17, 15) is 4.79 Å². The van der Waals surface area contributed by atoms with Crippen LogP contribution in [-0.2, 0) is 11.2 Å². The van der Waals surface area contributed by atoms with E-state index in [-0.39, 0.29) is 5.91 Å². The smallest absolute Gasteiger partial charge is 0.220 e. The van der Waals surface area contributed by atoms with Crippen LogP contribution in [0.25, 0.3) is 0 Å². The molecule has 4 nitrogen and oxygen atoms in total. The zero-order valence-electron chi connectivity index (χ0n) is 14.3. The molecular formula is C20H23N3OS. The summed E-state index contributed by atoms with van der Waals surface area (Å²) in [6.45, 7) is 2.90. The number of carbonyl (C=O) groups excluding carboxylic acids is 1. The van der Waals surface area contributed by atoms with Crippen LogP contribution in [-0.4, -0.2) is 30.4 Å². The second kappa shape index (κ2) is 8.80. The number of hydrogen-bond acceptors (Lipinski definition) is 4. The lowest BCUT2D eigenvalue weighted by Crippen LogP contribution is -2.36. The predicted molar refractivity (Wildman–Crippen MR) is 100 cm³/mol. The van der Waals surface area contributed by atoms with Crippen LogP contribution in [0.5, 0.6) is 0 Å². The third-order valence-electron chi connectivity index (χ3n) is 4.67. The maximum Gasteiger partial charge on any atom is 0.220 e. The van der Waals surface area contributed by atoms with Crippen molar-refractivity contribution >= 4 is 17.2 Å². The SMILES string of the molecule is N#Cc1ccc(CCC(=O)NCC(c2cccs2)N2CCCC2)cc1. The van der Waals surface area contributed by atoms with Gasteiger partial charge in [0.25, 0.3) is 0 Å². The Kier molecular flexibility index (Phi) is 6.21. The lowest BCUT2D eigenvalue weighted by molar-refractivity contribution is -0.121. The molecular weight excluding hydrogens is 330 g/mol. The fraction of sp³-hybridized carbons (Fsp3) is 0.400. The first kappa shape index (κ1) is 17.7. The van der Waals surface area contributed by atoms with E-state index in [4.69, 9.17) is 5.26 Å². The second-order valence-corrected chi connectivity index (χ2v) is 7.37.